The van der Waals surface area contributed by atoms with Gasteiger partial charge in [0.2, 0.25) is 5.88 Å². The molecule has 1 N–H and O–H groups in total. The van der Waals surface area contributed by atoms with Crippen molar-refractivity contribution < 1.29 is 4.74 Å². The molecule has 0 aliphatic rings. The summed E-state index contributed by atoms with van der Waals surface area (Å²) in [4.78, 5) is 5.45. The molecule has 0 amide bonds. The summed E-state index contributed by atoms with van der Waals surface area (Å²) in [5, 5.41) is 3.38. The Morgan fingerprint density at radius 3 is 2.72 bits per heavy atom. The predicted molar refractivity (Wildman–Crippen MR) is 81.1 cm³/mol. The lowest BCUT2D eigenvalue weighted by Gasteiger charge is -2.04. The number of methoxy groups -OCH3 is 1. The minimum absolute atomic E-state index is 0.643. The minimum atomic E-state index is 0.643. The van der Waals surface area contributed by atoms with E-state index in [-0.39, 0.29) is 0 Å². The van der Waals surface area contributed by atoms with Crippen molar-refractivity contribution in [2.75, 3.05) is 7.11 Å². The first-order valence-corrected chi connectivity index (χ1v) is 7.72. The van der Waals surface area contributed by atoms with Gasteiger partial charge in [-0.25, -0.2) is 4.98 Å². The first-order valence-electron chi connectivity index (χ1n) is 5.32. The molecule has 2 aromatic heterocycles. The summed E-state index contributed by atoms with van der Waals surface area (Å²) in [6.45, 7) is 1.64. The van der Waals surface area contributed by atoms with Gasteiger partial charge in [-0.3, -0.25) is 0 Å². The van der Waals surface area contributed by atoms with E-state index in [4.69, 9.17) is 4.74 Å². The number of nitrogens with zero attached hydrogens (tertiary/aromatic N) is 1. The summed E-state index contributed by atoms with van der Waals surface area (Å²) in [5.74, 6) is 0.643. The maximum absolute atomic E-state index is 5.02. The Bertz CT molecular complexity index is 494. The molecule has 0 unspecified atom stereocenters. The van der Waals surface area contributed by atoms with Crippen LogP contribution in [0.15, 0.2) is 32.7 Å². The van der Waals surface area contributed by atoms with Crippen molar-refractivity contribution in [2.24, 2.45) is 0 Å². The van der Waals surface area contributed by atoms with Gasteiger partial charge >= 0.3 is 0 Å². The van der Waals surface area contributed by atoms with Crippen LogP contribution in [0.25, 0.3) is 0 Å². The minimum Gasteiger partial charge on any atom is -0.481 e. The van der Waals surface area contributed by atoms with Gasteiger partial charge in [0, 0.05) is 34.7 Å². The van der Waals surface area contributed by atoms with Gasteiger partial charge in [-0.2, -0.15) is 0 Å². The number of hydrogen-bond acceptors (Lipinski definition) is 4. The van der Waals surface area contributed by atoms with Crippen molar-refractivity contribution in [1.82, 2.24) is 10.3 Å². The van der Waals surface area contributed by atoms with Crippen molar-refractivity contribution in [2.45, 2.75) is 13.1 Å². The second-order valence-corrected chi connectivity index (χ2v) is 6.96. The summed E-state index contributed by atoms with van der Waals surface area (Å²) < 4.78 is 7.26. The molecule has 0 fully saturated rings. The van der Waals surface area contributed by atoms with Crippen LogP contribution in [-0.4, -0.2) is 12.1 Å². The fourth-order valence-corrected chi connectivity index (χ4v) is 3.59. The quantitative estimate of drug-likeness (QED) is 0.837. The summed E-state index contributed by atoms with van der Waals surface area (Å²) in [6.07, 6.45) is 1.83. The molecular weight excluding hydrogens is 380 g/mol. The zero-order chi connectivity index (χ0) is 13.0. The smallest absolute Gasteiger partial charge is 0.212 e. The molecule has 0 radical (unpaired) electrons. The average molecular weight is 392 g/mol. The van der Waals surface area contributed by atoms with E-state index in [0.717, 1.165) is 26.9 Å². The monoisotopic (exact) mass is 390 g/mol. The lowest BCUT2D eigenvalue weighted by molar-refractivity contribution is 0.397. The average Bonchev–Trinajstić information content (AvgIpc) is 2.69. The Morgan fingerprint density at radius 2 is 2.17 bits per heavy atom. The van der Waals surface area contributed by atoms with Gasteiger partial charge in [0.1, 0.15) is 0 Å². The zero-order valence-electron chi connectivity index (χ0n) is 9.74. The molecule has 0 atom stereocenters. The molecule has 3 nitrogen and oxygen atoms in total. The highest BCUT2D eigenvalue weighted by molar-refractivity contribution is 9.13. The molecule has 0 aliphatic heterocycles. The molecule has 96 valence electrons. The zero-order valence-corrected chi connectivity index (χ0v) is 13.7. The number of thiophene rings is 1. The van der Waals surface area contributed by atoms with E-state index in [2.05, 4.69) is 48.2 Å². The summed E-state index contributed by atoms with van der Waals surface area (Å²) in [5.41, 5.74) is 1.14. The molecule has 0 saturated carbocycles. The summed E-state index contributed by atoms with van der Waals surface area (Å²) in [7, 11) is 1.62. The second-order valence-electron chi connectivity index (χ2n) is 3.65. The van der Waals surface area contributed by atoms with Crippen LogP contribution in [-0.2, 0) is 13.1 Å². The van der Waals surface area contributed by atoms with Crippen molar-refractivity contribution in [3.05, 3.63) is 43.1 Å². The molecule has 0 aromatic carbocycles. The molecule has 2 aromatic rings. The largest absolute Gasteiger partial charge is 0.481 e. The molecule has 0 aliphatic carbocycles. The topological polar surface area (TPSA) is 34.1 Å². The number of nitrogens with one attached hydrogen (secondary N) is 1. The number of halogens is 2. The van der Waals surface area contributed by atoms with Crippen molar-refractivity contribution >= 4 is 43.2 Å². The third-order valence-electron chi connectivity index (χ3n) is 2.33. The van der Waals surface area contributed by atoms with E-state index in [1.54, 1.807) is 18.4 Å². The van der Waals surface area contributed by atoms with E-state index >= 15 is 0 Å². The lowest BCUT2D eigenvalue weighted by atomic mass is 10.3. The Morgan fingerprint density at radius 1 is 1.33 bits per heavy atom. The first-order chi connectivity index (χ1) is 8.69. The molecule has 2 heterocycles. The Balaban J connectivity index is 1.84. The maximum atomic E-state index is 5.02. The highest BCUT2D eigenvalue weighted by atomic mass is 79.9. The molecule has 0 saturated heterocycles. The number of hydrogen-bond donors (Lipinski definition) is 1. The number of pyridine rings is 1. The van der Waals surface area contributed by atoms with Crippen LogP contribution in [0.5, 0.6) is 5.88 Å². The van der Waals surface area contributed by atoms with E-state index < -0.39 is 0 Å². The van der Waals surface area contributed by atoms with E-state index in [0.29, 0.717) is 5.88 Å². The van der Waals surface area contributed by atoms with Crippen molar-refractivity contribution in [3.63, 3.8) is 0 Å². The lowest BCUT2D eigenvalue weighted by Crippen LogP contribution is -2.11. The molecule has 6 heteroatoms. The fourth-order valence-electron chi connectivity index (χ4n) is 1.44. The van der Waals surface area contributed by atoms with Gasteiger partial charge in [0.25, 0.3) is 0 Å². The predicted octanol–water partition coefficient (Wildman–Crippen LogP) is 3.97. The van der Waals surface area contributed by atoms with Crippen LogP contribution in [0, 0.1) is 0 Å². The van der Waals surface area contributed by atoms with Crippen LogP contribution >= 0.6 is 43.2 Å². The molecule has 18 heavy (non-hydrogen) atoms. The third kappa shape index (κ3) is 3.78. The highest BCUT2D eigenvalue weighted by Gasteiger charge is 2.03. The number of ether oxygens (including phenoxy) is 1. The van der Waals surface area contributed by atoms with E-state index in [1.807, 2.05) is 18.3 Å². The normalized spacial score (nSPS) is 10.6. The van der Waals surface area contributed by atoms with Gasteiger partial charge in [-0.15, -0.1) is 11.3 Å². The summed E-state index contributed by atoms with van der Waals surface area (Å²) >= 11 is 8.70. The number of rotatable bonds is 5. The van der Waals surface area contributed by atoms with Gasteiger partial charge < -0.3 is 10.1 Å². The van der Waals surface area contributed by atoms with Crippen molar-refractivity contribution in [1.29, 1.82) is 0 Å². The van der Waals surface area contributed by atoms with E-state index in [1.165, 1.54) is 4.88 Å². The van der Waals surface area contributed by atoms with Gasteiger partial charge in [-0.1, -0.05) is 6.07 Å². The maximum Gasteiger partial charge on any atom is 0.212 e. The molecule has 0 spiro atoms. The van der Waals surface area contributed by atoms with Crippen LogP contribution in [0.4, 0.5) is 0 Å². The Hall–Kier alpha value is -0.430. The van der Waals surface area contributed by atoms with Crippen LogP contribution in [0.2, 0.25) is 0 Å². The van der Waals surface area contributed by atoms with E-state index in [9.17, 15) is 0 Å². The fraction of sp³-hybridized carbons (Fsp3) is 0.250. The SMILES string of the molecule is COc1ccc(CNCc2cc(Br)c(Br)s2)cn1. The molecule has 0 bridgehead atoms. The van der Waals surface area contributed by atoms with Crippen LogP contribution in [0.3, 0.4) is 0 Å². The van der Waals surface area contributed by atoms with Gasteiger partial charge in [0.15, 0.2) is 0 Å². The molecular formula is C12H12Br2N2OS. The van der Waals surface area contributed by atoms with Crippen molar-refractivity contribution in [3.8, 4) is 5.88 Å². The first kappa shape index (κ1) is 14.0. The number of aromatic nitrogens is 1. The van der Waals surface area contributed by atoms with Crippen LogP contribution in [0.1, 0.15) is 10.4 Å². The summed E-state index contributed by atoms with van der Waals surface area (Å²) in [6, 6.07) is 6.00. The Labute approximate surface area is 127 Å². The Kier molecular flexibility index (Phi) is 5.17. The third-order valence-corrected chi connectivity index (χ3v) is 5.59. The standard InChI is InChI=1S/C12H12Br2N2OS/c1-17-11-3-2-8(6-16-11)5-15-7-9-4-10(13)12(14)18-9/h2-4,6,15H,5,7H2,1H3. The molecule has 2 rings (SSSR count). The highest BCUT2D eigenvalue weighted by Crippen LogP contribution is 2.32. The van der Waals surface area contributed by atoms with Gasteiger partial charge in [0.05, 0.1) is 10.9 Å². The second kappa shape index (κ2) is 6.65. The van der Waals surface area contributed by atoms with Crippen LogP contribution < -0.4 is 10.1 Å². The van der Waals surface area contributed by atoms with Gasteiger partial charge in [-0.05, 0) is 43.5 Å².